The van der Waals surface area contributed by atoms with Crippen LogP contribution in [0.4, 0.5) is 0 Å². The van der Waals surface area contributed by atoms with Crippen molar-refractivity contribution in [2.24, 2.45) is 0 Å². The first-order valence-corrected chi connectivity index (χ1v) is 3.62. The zero-order valence-electron chi connectivity index (χ0n) is 6.47. The van der Waals surface area contributed by atoms with E-state index in [-0.39, 0.29) is 0 Å². The van der Waals surface area contributed by atoms with Gasteiger partial charge in [0.2, 0.25) is 0 Å². The number of Topliss-reactive ketones (excluding diaryl/α,β-unsaturated/α-hetero) is 1. The summed E-state index contributed by atoms with van der Waals surface area (Å²) in [4.78, 5) is 10.8. The van der Waals surface area contributed by atoms with E-state index in [1.165, 1.54) is 0 Å². The van der Waals surface area contributed by atoms with E-state index in [0.717, 1.165) is 0 Å². The Morgan fingerprint density at radius 1 is 1.33 bits per heavy atom. The zero-order chi connectivity index (χ0) is 8.97. The van der Waals surface area contributed by atoms with E-state index in [1.54, 1.807) is 30.3 Å². The Balaban J connectivity index is 2.78. The number of rotatable bonds is 3. The molecule has 3 nitrogen and oxygen atoms in total. The predicted octanol–water partition coefficient (Wildman–Crippen LogP) is 0.281. The van der Waals surface area contributed by atoms with Gasteiger partial charge in [-0.3, -0.25) is 4.79 Å². The van der Waals surface area contributed by atoms with Crippen LogP contribution in [0.2, 0.25) is 0 Å². The molecule has 12 heavy (non-hydrogen) atoms. The second kappa shape index (κ2) is 3.99. The first kappa shape index (κ1) is 8.90. The van der Waals surface area contributed by atoms with Crippen LogP contribution in [0.1, 0.15) is 11.7 Å². The summed E-state index contributed by atoms with van der Waals surface area (Å²) in [6, 6.07) is 8.52. The minimum Gasteiger partial charge on any atom is -0.388 e. The van der Waals surface area contributed by atoms with Crippen molar-refractivity contribution in [2.45, 2.75) is 6.10 Å². The van der Waals surface area contributed by atoms with Crippen LogP contribution in [0.25, 0.3) is 0 Å². The van der Waals surface area contributed by atoms with Gasteiger partial charge in [-0.15, -0.1) is 0 Å². The lowest BCUT2D eigenvalue weighted by molar-refractivity contribution is -0.130. The summed E-state index contributed by atoms with van der Waals surface area (Å²) in [6.07, 6.45) is -1.20. The van der Waals surface area contributed by atoms with Gasteiger partial charge in [0.05, 0.1) is 0 Å². The number of aliphatic hydroxyl groups is 2. The van der Waals surface area contributed by atoms with Gasteiger partial charge in [-0.2, -0.15) is 0 Å². The van der Waals surface area contributed by atoms with Crippen LogP contribution in [-0.2, 0) is 4.79 Å². The highest BCUT2D eigenvalue weighted by atomic mass is 16.3. The van der Waals surface area contributed by atoms with Crippen LogP contribution in [0, 0.1) is 0 Å². The molecule has 0 aromatic heterocycles. The van der Waals surface area contributed by atoms with E-state index < -0.39 is 18.5 Å². The summed E-state index contributed by atoms with van der Waals surface area (Å²) in [5.74, 6) is -0.582. The van der Waals surface area contributed by atoms with Crippen LogP contribution < -0.4 is 0 Å². The Kier molecular flexibility index (Phi) is 2.96. The van der Waals surface area contributed by atoms with E-state index in [9.17, 15) is 9.90 Å². The number of carbonyl (C=O) groups excluding carboxylic acids is 1. The molecule has 0 bridgehead atoms. The van der Waals surface area contributed by atoms with Crippen LogP contribution in [-0.4, -0.2) is 22.6 Å². The molecule has 0 aliphatic carbocycles. The van der Waals surface area contributed by atoms with E-state index in [2.05, 4.69) is 0 Å². The highest BCUT2D eigenvalue weighted by molar-refractivity contribution is 5.84. The fourth-order valence-corrected chi connectivity index (χ4v) is 0.908. The van der Waals surface area contributed by atoms with Gasteiger partial charge in [-0.05, 0) is 5.56 Å². The fourth-order valence-electron chi connectivity index (χ4n) is 0.908. The molecule has 0 amide bonds. The molecule has 2 N–H and O–H groups in total. The molecule has 0 saturated carbocycles. The fraction of sp³-hybridized carbons (Fsp3) is 0.222. The Morgan fingerprint density at radius 3 is 2.42 bits per heavy atom. The molecule has 1 rings (SSSR count). The molecule has 3 heteroatoms. The van der Waals surface area contributed by atoms with Gasteiger partial charge in [0.25, 0.3) is 0 Å². The SMILES string of the molecule is O=C(CO)[C@H](O)c1ccccc1. The van der Waals surface area contributed by atoms with E-state index in [4.69, 9.17) is 5.11 Å². The van der Waals surface area contributed by atoms with Crippen molar-refractivity contribution in [1.29, 1.82) is 0 Å². The summed E-state index contributed by atoms with van der Waals surface area (Å²) in [5, 5.41) is 17.7. The summed E-state index contributed by atoms with van der Waals surface area (Å²) in [7, 11) is 0. The van der Waals surface area contributed by atoms with Crippen LogP contribution in [0.3, 0.4) is 0 Å². The van der Waals surface area contributed by atoms with Gasteiger partial charge in [-0.25, -0.2) is 0 Å². The largest absolute Gasteiger partial charge is 0.388 e. The van der Waals surface area contributed by atoms with Gasteiger partial charge in [0, 0.05) is 0 Å². The molecule has 0 spiro atoms. The molecule has 1 aromatic rings. The number of hydrogen-bond acceptors (Lipinski definition) is 3. The zero-order valence-corrected chi connectivity index (χ0v) is 6.47. The lowest BCUT2D eigenvalue weighted by atomic mass is 10.1. The molecule has 1 aromatic carbocycles. The number of carbonyl (C=O) groups is 1. The van der Waals surface area contributed by atoms with E-state index in [0.29, 0.717) is 5.56 Å². The maximum atomic E-state index is 10.8. The first-order chi connectivity index (χ1) is 5.75. The molecule has 64 valence electrons. The standard InChI is InChI=1S/C9H10O3/c10-6-8(11)9(12)7-4-2-1-3-5-7/h1-5,9-10,12H,6H2/t9-/m1/s1. The predicted molar refractivity (Wildman–Crippen MR) is 43.5 cm³/mol. The third-order valence-corrected chi connectivity index (χ3v) is 1.58. The van der Waals surface area contributed by atoms with Gasteiger partial charge < -0.3 is 10.2 Å². The molecule has 0 aliphatic rings. The van der Waals surface area contributed by atoms with Gasteiger partial charge in [0.15, 0.2) is 5.78 Å². The highest BCUT2D eigenvalue weighted by Gasteiger charge is 2.14. The molecule has 0 unspecified atom stereocenters. The van der Waals surface area contributed by atoms with Crippen molar-refractivity contribution in [1.82, 2.24) is 0 Å². The maximum absolute atomic E-state index is 10.8. The van der Waals surface area contributed by atoms with Crippen LogP contribution >= 0.6 is 0 Å². The molecule has 0 fully saturated rings. The Hall–Kier alpha value is -1.19. The van der Waals surface area contributed by atoms with Crippen molar-refractivity contribution in [3.63, 3.8) is 0 Å². The van der Waals surface area contributed by atoms with Crippen molar-refractivity contribution < 1.29 is 15.0 Å². The molecular weight excluding hydrogens is 156 g/mol. The lowest BCUT2D eigenvalue weighted by Gasteiger charge is -2.06. The molecule has 0 radical (unpaired) electrons. The van der Waals surface area contributed by atoms with Crippen molar-refractivity contribution in [3.05, 3.63) is 35.9 Å². The third-order valence-electron chi connectivity index (χ3n) is 1.58. The molecule has 0 saturated heterocycles. The number of benzene rings is 1. The normalized spacial score (nSPS) is 12.5. The van der Waals surface area contributed by atoms with E-state index >= 15 is 0 Å². The minimum absolute atomic E-state index is 0.511. The summed E-state index contributed by atoms with van der Waals surface area (Å²) in [6.45, 7) is -0.629. The van der Waals surface area contributed by atoms with E-state index in [1.807, 2.05) is 0 Å². The Labute approximate surface area is 70.3 Å². The number of ketones is 1. The van der Waals surface area contributed by atoms with Gasteiger partial charge >= 0.3 is 0 Å². The number of hydrogen-bond donors (Lipinski definition) is 2. The average Bonchev–Trinajstić information content (AvgIpc) is 2.17. The van der Waals surface area contributed by atoms with Crippen molar-refractivity contribution in [3.8, 4) is 0 Å². The number of aliphatic hydroxyl groups excluding tert-OH is 2. The molecule has 0 heterocycles. The topological polar surface area (TPSA) is 57.5 Å². The second-order valence-corrected chi connectivity index (χ2v) is 2.44. The molecule has 0 aliphatic heterocycles. The third kappa shape index (κ3) is 1.90. The van der Waals surface area contributed by atoms with Gasteiger partial charge in [0.1, 0.15) is 12.7 Å². The maximum Gasteiger partial charge on any atom is 0.191 e. The highest BCUT2D eigenvalue weighted by Crippen LogP contribution is 2.12. The van der Waals surface area contributed by atoms with Crippen molar-refractivity contribution >= 4 is 5.78 Å². The smallest absolute Gasteiger partial charge is 0.191 e. The summed E-state index contributed by atoms with van der Waals surface area (Å²) < 4.78 is 0. The van der Waals surface area contributed by atoms with Crippen LogP contribution in [0.5, 0.6) is 0 Å². The summed E-state index contributed by atoms with van der Waals surface area (Å²) in [5.41, 5.74) is 0.511. The second-order valence-electron chi connectivity index (χ2n) is 2.44. The average molecular weight is 166 g/mol. The monoisotopic (exact) mass is 166 g/mol. The molecule has 1 atom stereocenters. The first-order valence-electron chi connectivity index (χ1n) is 3.62. The summed E-state index contributed by atoms with van der Waals surface area (Å²) >= 11 is 0. The Morgan fingerprint density at radius 2 is 1.92 bits per heavy atom. The van der Waals surface area contributed by atoms with Gasteiger partial charge in [-0.1, -0.05) is 30.3 Å². The quantitative estimate of drug-likeness (QED) is 0.678. The Bertz CT molecular complexity index is 256. The minimum atomic E-state index is -1.20. The molecular formula is C9H10O3. The van der Waals surface area contributed by atoms with Crippen molar-refractivity contribution in [2.75, 3.05) is 6.61 Å². The van der Waals surface area contributed by atoms with Crippen LogP contribution in [0.15, 0.2) is 30.3 Å². The lowest BCUT2D eigenvalue weighted by Crippen LogP contribution is -2.15.